The highest BCUT2D eigenvalue weighted by Crippen LogP contribution is 2.49. The van der Waals surface area contributed by atoms with E-state index in [4.69, 9.17) is 9.47 Å². The third-order valence-electron chi connectivity index (χ3n) is 8.43. The van der Waals surface area contributed by atoms with E-state index in [9.17, 15) is 9.59 Å². The molecule has 4 fully saturated rings. The number of imide groups is 1. The average Bonchev–Trinajstić information content (AvgIpc) is 3.45. The molecular weight excluding hydrogens is 418 g/mol. The molecule has 2 saturated carbocycles. The van der Waals surface area contributed by atoms with Crippen LogP contribution in [0.25, 0.3) is 5.70 Å². The third-order valence-corrected chi connectivity index (χ3v) is 8.43. The smallest absolute Gasteiger partial charge is 0.249 e. The minimum atomic E-state index is -0.341. The number of nitrogens with zero attached hydrogens (tertiary/aromatic N) is 2. The van der Waals surface area contributed by atoms with Gasteiger partial charge in [-0.2, -0.15) is 0 Å². The van der Waals surface area contributed by atoms with E-state index in [0.717, 1.165) is 48.2 Å². The van der Waals surface area contributed by atoms with Gasteiger partial charge in [-0.05, 0) is 68.2 Å². The molecule has 0 spiro atoms. The topological polar surface area (TPSA) is 71.1 Å². The van der Waals surface area contributed by atoms with Crippen molar-refractivity contribution in [2.75, 3.05) is 19.7 Å². The normalized spacial score (nSPS) is 33.9. The quantitative estimate of drug-likeness (QED) is 0.671. The predicted octanol–water partition coefficient (Wildman–Crippen LogP) is 2.54. The summed E-state index contributed by atoms with van der Waals surface area (Å²) in [6.07, 6.45) is 5.37. The highest BCUT2D eigenvalue weighted by molar-refractivity contribution is 6.01. The fourth-order valence-electron chi connectivity index (χ4n) is 6.86. The Bertz CT molecular complexity index is 988. The summed E-state index contributed by atoms with van der Waals surface area (Å²) in [5, 5.41) is 2.47. The molecule has 6 rings (SSSR count). The first-order valence-corrected chi connectivity index (χ1v) is 12.5. The summed E-state index contributed by atoms with van der Waals surface area (Å²) in [4.78, 5) is 28.6. The van der Waals surface area contributed by atoms with Gasteiger partial charge in [0, 0.05) is 50.0 Å². The minimum absolute atomic E-state index is 0.190. The van der Waals surface area contributed by atoms with Crippen molar-refractivity contribution in [3.05, 3.63) is 35.9 Å². The predicted molar refractivity (Wildman–Crippen MR) is 123 cm³/mol. The Morgan fingerprint density at radius 3 is 2.76 bits per heavy atom. The van der Waals surface area contributed by atoms with Crippen molar-refractivity contribution in [2.24, 2.45) is 11.8 Å². The summed E-state index contributed by atoms with van der Waals surface area (Å²) in [5.41, 5.74) is 3.06. The summed E-state index contributed by atoms with van der Waals surface area (Å²) in [6, 6.07) is 6.42. The number of benzene rings is 1. The molecule has 2 aliphatic carbocycles. The zero-order chi connectivity index (χ0) is 22.7. The number of amides is 2. The molecule has 3 aliphatic heterocycles. The molecule has 1 N–H and O–H groups in total. The van der Waals surface area contributed by atoms with Gasteiger partial charge in [0.05, 0.1) is 6.10 Å². The maximum atomic E-state index is 12.4. The SMILES string of the molecule is C=C1c2ccc(O[C@H]3C(N4CC(OCC)C4)C4CC[C@H]3C4)cc2CN1C1CCC(=O)NC1=O. The number of hydrogen-bond donors (Lipinski definition) is 1. The summed E-state index contributed by atoms with van der Waals surface area (Å²) in [7, 11) is 0. The van der Waals surface area contributed by atoms with Crippen molar-refractivity contribution >= 4 is 17.5 Å². The molecule has 3 heterocycles. The first-order valence-electron chi connectivity index (χ1n) is 12.5. The molecule has 33 heavy (non-hydrogen) atoms. The zero-order valence-corrected chi connectivity index (χ0v) is 19.3. The molecular formula is C26H33N3O4. The molecule has 176 valence electrons. The molecule has 2 amide bonds. The van der Waals surface area contributed by atoms with Gasteiger partial charge in [0.2, 0.25) is 11.8 Å². The van der Waals surface area contributed by atoms with E-state index in [1.165, 1.54) is 19.3 Å². The Morgan fingerprint density at radius 2 is 1.97 bits per heavy atom. The van der Waals surface area contributed by atoms with Gasteiger partial charge < -0.3 is 14.4 Å². The number of rotatable bonds is 6. The Morgan fingerprint density at radius 1 is 1.15 bits per heavy atom. The van der Waals surface area contributed by atoms with Crippen LogP contribution in [0, 0.1) is 11.8 Å². The summed E-state index contributed by atoms with van der Waals surface area (Å²) in [6.45, 7) is 9.76. The fourth-order valence-corrected chi connectivity index (χ4v) is 6.86. The molecule has 1 aromatic rings. The second-order valence-electron chi connectivity index (χ2n) is 10.3. The second kappa shape index (κ2) is 8.13. The van der Waals surface area contributed by atoms with Crippen molar-refractivity contribution in [3.63, 3.8) is 0 Å². The van der Waals surface area contributed by atoms with Crippen molar-refractivity contribution < 1.29 is 19.1 Å². The van der Waals surface area contributed by atoms with Crippen LogP contribution >= 0.6 is 0 Å². The van der Waals surface area contributed by atoms with Gasteiger partial charge in [0.15, 0.2) is 0 Å². The van der Waals surface area contributed by atoms with Crippen LogP contribution in [0.4, 0.5) is 0 Å². The van der Waals surface area contributed by atoms with Crippen LogP contribution in [0.5, 0.6) is 5.75 Å². The van der Waals surface area contributed by atoms with Crippen molar-refractivity contribution in [1.29, 1.82) is 0 Å². The molecule has 2 saturated heterocycles. The molecule has 0 radical (unpaired) electrons. The van der Waals surface area contributed by atoms with E-state index < -0.39 is 0 Å². The van der Waals surface area contributed by atoms with Crippen LogP contribution in [0.3, 0.4) is 0 Å². The van der Waals surface area contributed by atoms with E-state index in [-0.39, 0.29) is 24.0 Å². The monoisotopic (exact) mass is 451 g/mol. The van der Waals surface area contributed by atoms with E-state index in [2.05, 4.69) is 41.9 Å². The van der Waals surface area contributed by atoms with Crippen LogP contribution in [-0.4, -0.2) is 65.6 Å². The van der Waals surface area contributed by atoms with Gasteiger partial charge in [0.1, 0.15) is 17.9 Å². The third kappa shape index (κ3) is 3.56. The van der Waals surface area contributed by atoms with Crippen LogP contribution in [0.2, 0.25) is 0 Å². The van der Waals surface area contributed by atoms with Gasteiger partial charge in [0.25, 0.3) is 0 Å². The Kier molecular flexibility index (Phi) is 5.22. The first kappa shape index (κ1) is 21.2. The highest BCUT2D eigenvalue weighted by Gasteiger charge is 2.53. The highest BCUT2D eigenvalue weighted by atomic mass is 16.5. The van der Waals surface area contributed by atoms with E-state index in [1.807, 2.05) is 4.90 Å². The van der Waals surface area contributed by atoms with Crippen LogP contribution in [0.15, 0.2) is 24.8 Å². The Hall–Kier alpha value is -2.38. The lowest BCUT2D eigenvalue weighted by Gasteiger charge is -2.47. The lowest BCUT2D eigenvalue weighted by atomic mass is 9.89. The standard InChI is InChI=1S/C26H33N3O4/c1-3-32-20-13-28(14-20)24-16-4-5-17(10-16)25(24)33-19-6-7-21-15(2)29(12-18(21)11-19)22-8-9-23(30)27-26(22)31/h6-7,11,16-17,20,22,24-25H,2-5,8-10,12-14H2,1H3,(H,27,30,31)/t16?,17-,22?,24?,25+/m0/s1. The average molecular weight is 452 g/mol. The molecule has 2 bridgehead atoms. The number of nitrogens with one attached hydrogen (secondary N) is 1. The van der Waals surface area contributed by atoms with E-state index >= 15 is 0 Å². The number of fused-ring (bicyclic) bond motifs is 3. The number of carbonyl (C=O) groups is 2. The van der Waals surface area contributed by atoms with Gasteiger partial charge in [-0.3, -0.25) is 19.8 Å². The van der Waals surface area contributed by atoms with E-state index in [1.54, 1.807) is 0 Å². The van der Waals surface area contributed by atoms with Gasteiger partial charge >= 0.3 is 0 Å². The molecule has 5 atom stereocenters. The Labute approximate surface area is 195 Å². The zero-order valence-electron chi connectivity index (χ0n) is 19.3. The summed E-state index contributed by atoms with van der Waals surface area (Å²) in [5.74, 6) is 1.87. The fraction of sp³-hybridized carbons (Fsp3) is 0.615. The van der Waals surface area contributed by atoms with Crippen molar-refractivity contribution in [2.45, 2.75) is 69.9 Å². The van der Waals surface area contributed by atoms with Crippen LogP contribution < -0.4 is 10.1 Å². The number of ether oxygens (including phenoxy) is 2. The van der Waals surface area contributed by atoms with Gasteiger partial charge in [-0.25, -0.2) is 0 Å². The lowest BCUT2D eigenvalue weighted by molar-refractivity contribution is -0.136. The van der Waals surface area contributed by atoms with Crippen molar-refractivity contribution in [3.8, 4) is 5.75 Å². The Balaban J connectivity index is 1.16. The van der Waals surface area contributed by atoms with Crippen LogP contribution in [0.1, 0.15) is 50.2 Å². The number of carbonyl (C=O) groups excluding carboxylic acids is 2. The maximum Gasteiger partial charge on any atom is 0.249 e. The van der Waals surface area contributed by atoms with Crippen molar-refractivity contribution in [1.82, 2.24) is 15.1 Å². The lowest BCUT2D eigenvalue weighted by Crippen LogP contribution is -2.61. The molecule has 1 aromatic carbocycles. The van der Waals surface area contributed by atoms with E-state index in [0.29, 0.717) is 37.5 Å². The molecule has 7 nitrogen and oxygen atoms in total. The number of piperidine rings is 1. The molecule has 5 aliphatic rings. The van der Waals surface area contributed by atoms with Crippen LogP contribution in [-0.2, 0) is 20.9 Å². The largest absolute Gasteiger partial charge is 0.488 e. The first-order chi connectivity index (χ1) is 16.0. The molecule has 3 unspecified atom stereocenters. The number of hydrogen-bond acceptors (Lipinski definition) is 6. The summed E-state index contributed by atoms with van der Waals surface area (Å²) < 4.78 is 12.5. The second-order valence-corrected chi connectivity index (χ2v) is 10.3. The number of likely N-dealkylation sites (tertiary alicyclic amines) is 1. The minimum Gasteiger partial charge on any atom is -0.488 e. The molecule has 7 heteroatoms. The molecule has 0 aromatic heterocycles. The summed E-state index contributed by atoms with van der Waals surface area (Å²) >= 11 is 0. The van der Waals surface area contributed by atoms with Gasteiger partial charge in [-0.1, -0.05) is 6.58 Å². The maximum absolute atomic E-state index is 12.4. The van der Waals surface area contributed by atoms with Gasteiger partial charge in [-0.15, -0.1) is 0 Å².